The van der Waals surface area contributed by atoms with Crippen LogP contribution < -0.4 is 0 Å². The molecule has 0 aliphatic carbocycles. The molecule has 0 amide bonds. The van der Waals surface area contributed by atoms with Crippen molar-refractivity contribution in [3.63, 3.8) is 0 Å². The Morgan fingerprint density at radius 1 is 1.58 bits per heavy atom. The summed E-state index contributed by atoms with van der Waals surface area (Å²) in [5.74, 6) is -1.08. The fraction of sp³-hybridized carbons (Fsp3) is 0.125. The van der Waals surface area contributed by atoms with Crippen LogP contribution in [-0.2, 0) is 6.67 Å². The lowest BCUT2D eigenvalue weighted by Crippen LogP contribution is -2.01. The molecule has 0 radical (unpaired) electrons. The van der Waals surface area contributed by atoms with Crippen LogP contribution in [0, 0.1) is 3.57 Å². The molecule has 1 rings (SSSR count). The molecule has 0 saturated heterocycles. The van der Waals surface area contributed by atoms with Gasteiger partial charge in [0.15, 0.2) is 0 Å². The zero-order valence-corrected chi connectivity index (χ0v) is 8.21. The largest absolute Gasteiger partial charge is 0.478 e. The number of carboxylic acid groups (broad SMARTS) is 1. The summed E-state index contributed by atoms with van der Waals surface area (Å²) in [6.45, 7) is -0.738. The fourth-order valence-electron chi connectivity index (χ4n) is 0.864. The van der Waals surface area contributed by atoms with Crippen molar-refractivity contribution < 1.29 is 14.3 Å². The van der Waals surface area contributed by atoms with Crippen molar-refractivity contribution in [1.82, 2.24) is 0 Å². The van der Waals surface area contributed by atoms with E-state index in [1.54, 1.807) is 6.07 Å². The number of hydrogen-bond donors (Lipinski definition) is 1. The van der Waals surface area contributed by atoms with Gasteiger partial charge in [0.1, 0.15) is 6.67 Å². The molecule has 0 aromatic heterocycles. The van der Waals surface area contributed by atoms with Crippen molar-refractivity contribution in [2.45, 2.75) is 6.67 Å². The maximum atomic E-state index is 12.2. The van der Waals surface area contributed by atoms with E-state index in [0.29, 0.717) is 0 Å². The second kappa shape index (κ2) is 3.84. The highest BCUT2D eigenvalue weighted by atomic mass is 127. The van der Waals surface area contributed by atoms with Crippen LogP contribution in [0.1, 0.15) is 15.9 Å². The highest BCUT2D eigenvalue weighted by molar-refractivity contribution is 14.1. The third-order valence-corrected chi connectivity index (χ3v) is 2.12. The first-order valence-electron chi connectivity index (χ1n) is 3.23. The molecule has 0 heterocycles. The van der Waals surface area contributed by atoms with Crippen molar-refractivity contribution in [2.24, 2.45) is 0 Å². The van der Waals surface area contributed by atoms with Gasteiger partial charge in [-0.15, -0.1) is 0 Å². The summed E-state index contributed by atoms with van der Waals surface area (Å²) >= 11 is 1.99. The number of rotatable bonds is 2. The summed E-state index contributed by atoms with van der Waals surface area (Å²) in [6.07, 6.45) is 0. The maximum absolute atomic E-state index is 12.2. The molecule has 0 bridgehead atoms. The van der Waals surface area contributed by atoms with Crippen LogP contribution >= 0.6 is 22.6 Å². The number of halogens is 2. The van der Waals surface area contributed by atoms with Gasteiger partial charge in [0.2, 0.25) is 0 Å². The zero-order chi connectivity index (χ0) is 9.14. The molecular weight excluding hydrogens is 274 g/mol. The first-order valence-corrected chi connectivity index (χ1v) is 4.30. The van der Waals surface area contributed by atoms with E-state index in [4.69, 9.17) is 5.11 Å². The molecule has 0 aliphatic heterocycles. The Labute approximate surface area is 82.5 Å². The molecule has 12 heavy (non-hydrogen) atoms. The number of carbonyl (C=O) groups is 1. The second-order valence-corrected chi connectivity index (χ2v) is 3.49. The van der Waals surface area contributed by atoms with Gasteiger partial charge in [0, 0.05) is 3.57 Å². The van der Waals surface area contributed by atoms with Gasteiger partial charge in [-0.05, 0) is 40.3 Å². The van der Waals surface area contributed by atoms with E-state index in [1.165, 1.54) is 12.1 Å². The maximum Gasteiger partial charge on any atom is 0.336 e. The highest BCUT2D eigenvalue weighted by Gasteiger charge is 2.09. The molecule has 1 aromatic rings. The van der Waals surface area contributed by atoms with Crippen molar-refractivity contribution in [2.75, 3.05) is 0 Å². The molecule has 2 nitrogen and oxygen atoms in total. The summed E-state index contributed by atoms with van der Waals surface area (Å²) < 4.78 is 13.0. The molecule has 0 aliphatic rings. The summed E-state index contributed by atoms with van der Waals surface area (Å²) in [4.78, 5) is 10.6. The Morgan fingerprint density at radius 2 is 2.25 bits per heavy atom. The number of carboxylic acids is 1. The van der Waals surface area contributed by atoms with E-state index in [9.17, 15) is 9.18 Å². The van der Waals surface area contributed by atoms with Crippen LogP contribution in [0.4, 0.5) is 4.39 Å². The lowest BCUT2D eigenvalue weighted by molar-refractivity contribution is 0.0694. The Kier molecular flexibility index (Phi) is 3.02. The average Bonchev–Trinajstić information content (AvgIpc) is 2.04. The molecule has 0 atom stereocenters. The van der Waals surface area contributed by atoms with Gasteiger partial charge in [-0.1, -0.05) is 6.07 Å². The van der Waals surface area contributed by atoms with Crippen molar-refractivity contribution >= 4 is 28.6 Å². The van der Waals surface area contributed by atoms with Gasteiger partial charge >= 0.3 is 5.97 Å². The third kappa shape index (κ3) is 1.94. The first kappa shape index (κ1) is 9.44. The smallest absolute Gasteiger partial charge is 0.336 e. The molecular formula is C8H6FIO2. The van der Waals surface area contributed by atoms with Crippen molar-refractivity contribution in [3.8, 4) is 0 Å². The second-order valence-electron chi connectivity index (χ2n) is 2.24. The molecule has 64 valence electrons. The predicted octanol–water partition coefficient (Wildman–Crippen LogP) is 2.46. The predicted molar refractivity (Wildman–Crippen MR) is 50.9 cm³/mol. The van der Waals surface area contributed by atoms with Crippen molar-refractivity contribution in [3.05, 3.63) is 32.9 Å². The Balaban J connectivity index is 3.21. The molecule has 0 spiro atoms. The highest BCUT2D eigenvalue weighted by Crippen LogP contribution is 2.14. The lowest BCUT2D eigenvalue weighted by Gasteiger charge is -2.01. The zero-order valence-electron chi connectivity index (χ0n) is 6.05. The van der Waals surface area contributed by atoms with Crippen LogP contribution in [0.25, 0.3) is 0 Å². The minimum Gasteiger partial charge on any atom is -0.478 e. The molecule has 4 heteroatoms. The number of hydrogen-bond acceptors (Lipinski definition) is 1. The van der Waals surface area contributed by atoms with Gasteiger partial charge in [0.05, 0.1) is 5.56 Å². The summed E-state index contributed by atoms with van der Waals surface area (Å²) in [5.41, 5.74) is 0.271. The lowest BCUT2D eigenvalue weighted by atomic mass is 10.1. The van der Waals surface area contributed by atoms with E-state index in [2.05, 4.69) is 0 Å². The van der Waals surface area contributed by atoms with Gasteiger partial charge in [-0.2, -0.15) is 0 Å². The molecule has 0 fully saturated rings. The van der Waals surface area contributed by atoms with Crippen LogP contribution in [0.2, 0.25) is 0 Å². The monoisotopic (exact) mass is 280 g/mol. The van der Waals surface area contributed by atoms with E-state index in [1.807, 2.05) is 22.6 Å². The van der Waals surface area contributed by atoms with Gasteiger partial charge in [-0.25, -0.2) is 9.18 Å². The Bertz CT molecular complexity index is 312. The Morgan fingerprint density at radius 3 is 2.75 bits per heavy atom. The normalized spacial score (nSPS) is 9.83. The number of alkyl halides is 1. The van der Waals surface area contributed by atoms with E-state index >= 15 is 0 Å². The van der Waals surface area contributed by atoms with E-state index in [-0.39, 0.29) is 11.1 Å². The molecule has 0 saturated carbocycles. The average molecular weight is 280 g/mol. The van der Waals surface area contributed by atoms with Crippen LogP contribution in [0.5, 0.6) is 0 Å². The summed E-state index contributed by atoms with van der Waals surface area (Å²) in [6, 6.07) is 4.63. The third-order valence-electron chi connectivity index (χ3n) is 1.45. The molecule has 1 N–H and O–H groups in total. The number of aromatic carboxylic acids is 1. The van der Waals surface area contributed by atoms with Crippen LogP contribution in [0.3, 0.4) is 0 Å². The minimum absolute atomic E-state index is 0.0457. The first-order chi connectivity index (χ1) is 5.65. The molecule has 0 unspecified atom stereocenters. The Hall–Kier alpha value is -0.650. The van der Waals surface area contributed by atoms with Gasteiger partial charge < -0.3 is 5.11 Å². The quantitative estimate of drug-likeness (QED) is 0.845. The van der Waals surface area contributed by atoms with E-state index < -0.39 is 12.6 Å². The SMILES string of the molecule is O=C(O)c1cc(I)ccc1CF. The molecule has 1 aromatic carbocycles. The topological polar surface area (TPSA) is 37.3 Å². The minimum atomic E-state index is -1.08. The van der Waals surface area contributed by atoms with Crippen LogP contribution in [-0.4, -0.2) is 11.1 Å². The van der Waals surface area contributed by atoms with Crippen LogP contribution in [0.15, 0.2) is 18.2 Å². The summed E-state index contributed by atoms with van der Waals surface area (Å²) in [7, 11) is 0. The number of benzene rings is 1. The fourth-order valence-corrected chi connectivity index (χ4v) is 1.36. The van der Waals surface area contributed by atoms with E-state index in [0.717, 1.165) is 3.57 Å². The van der Waals surface area contributed by atoms with Gasteiger partial charge in [0.25, 0.3) is 0 Å². The summed E-state index contributed by atoms with van der Waals surface area (Å²) in [5, 5.41) is 8.65. The van der Waals surface area contributed by atoms with Crippen molar-refractivity contribution in [1.29, 1.82) is 0 Å². The standard InChI is InChI=1S/C8H6FIO2/c9-4-5-1-2-6(10)3-7(5)8(11)12/h1-3H,4H2,(H,11,12). The van der Waals surface area contributed by atoms with Gasteiger partial charge in [-0.3, -0.25) is 0 Å².